The number of rotatable bonds is 14. The molecule has 2 aliphatic heterocycles. The van der Waals surface area contributed by atoms with Crippen LogP contribution in [0.3, 0.4) is 0 Å². The second kappa shape index (κ2) is 23.3. The van der Waals surface area contributed by atoms with Crippen LogP contribution in [0.1, 0.15) is 107 Å². The van der Waals surface area contributed by atoms with Gasteiger partial charge in [-0.15, -0.1) is 22.7 Å². The highest BCUT2D eigenvalue weighted by molar-refractivity contribution is 7.13. The van der Waals surface area contributed by atoms with Gasteiger partial charge in [-0.05, 0) is 110 Å². The third-order valence-electron chi connectivity index (χ3n) is 14.1. The Balaban J connectivity index is 0.000000184. The SMILES string of the molecule is CC(C)[Si](Oc1c2c(c(CC(=O)O)c3cc(Cc4ccc(F)cc4)cnc13)CN(C)C2=O)(C(C)C)C(C)C.CN1Cc2c(c(O)c3ncc(Cc4ccc(F)cc4)cc3c2CC(=O)Nc2nccs2)C1=O.Nc1nccs1. The van der Waals surface area contributed by atoms with E-state index in [0.717, 1.165) is 22.3 Å². The zero-order valence-corrected chi connectivity index (χ0v) is 46.6. The van der Waals surface area contributed by atoms with Gasteiger partial charge in [-0.2, -0.15) is 0 Å². The number of carboxylic acids is 1. The normalized spacial score (nSPS) is 13.0. The molecule has 0 radical (unpaired) electrons. The van der Waals surface area contributed by atoms with Crippen molar-refractivity contribution in [2.75, 3.05) is 25.1 Å². The molecule has 6 heterocycles. The molecule has 20 heteroatoms. The number of carbonyl (C=O) groups is 4. The zero-order chi connectivity index (χ0) is 55.5. The molecular weight excluding hydrogens is 1040 g/mol. The lowest BCUT2D eigenvalue weighted by Gasteiger charge is -2.42. The lowest BCUT2D eigenvalue weighted by Crippen LogP contribution is -2.51. The summed E-state index contributed by atoms with van der Waals surface area (Å²) in [5.74, 6) is -2.00. The highest BCUT2D eigenvalue weighted by Crippen LogP contribution is 2.48. The summed E-state index contributed by atoms with van der Waals surface area (Å²) < 4.78 is 33.8. The first-order chi connectivity index (χ1) is 36.7. The summed E-state index contributed by atoms with van der Waals surface area (Å²) in [5, 5.41) is 29.5. The average molecular weight is 1100 g/mol. The topological polar surface area (TPSA) is 214 Å². The number of amides is 3. The Morgan fingerprint density at radius 3 is 1.65 bits per heavy atom. The van der Waals surface area contributed by atoms with E-state index in [2.05, 4.69) is 61.8 Å². The van der Waals surface area contributed by atoms with Crippen molar-refractivity contribution in [3.05, 3.63) is 163 Å². The number of aromatic hydroxyl groups is 1. The van der Waals surface area contributed by atoms with Crippen molar-refractivity contribution in [3.63, 3.8) is 0 Å². The third kappa shape index (κ3) is 11.8. The maximum atomic E-state index is 13.5. The molecule has 5 N–H and O–H groups in total. The van der Waals surface area contributed by atoms with Gasteiger partial charge >= 0.3 is 5.97 Å². The molecule has 3 amide bonds. The fourth-order valence-electron chi connectivity index (χ4n) is 10.7. The Hall–Kier alpha value is -7.68. The largest absolute Gasteiger partial charge is 0.541 e. The minimum atomic E-state index is -2.47. The van der Waals surface area contributed by atoms with Crippen LogP contribution in [0.2, 0.25) is 16.6 Å². The zero-order valence-electron chi connectivity index (χ0n) is 44.0. The number of phenols is 1. The number of benzene rings is 4. The number of phenolic OH excluding ortho intramolecular Hbond substituents is 1. The summed E-state index contributed by atoms with van der Waals surface area (Å²) >= 11 is 2.76. The molecule has 0 unspecified atom stereocenters. The van der Waals surface area contributed by atoms with E-state index in [1.807, 2.05) is 17.5 Å². The standard InChI is InChI=1S/C30H37FN2O4Si.C24H19FN4O3S.C3H4N2S/c1-17(2)38(18(3)4,19(5)6)37-29-27-25(16-33(7)30(27)36)23(14-26(34)35)24-13-21(15-32-28(24)29)12-20-8-10-22(31)11-9-20;1-29-12-18-16(10-19(30)28-24-26-6-7-33-24)17-9-14(8-13-2-4-15(25)5-3-13)11-27-21(17)22(31)20(18)23(29)32;4-3-5-1-2-6-3/h8-11,13,15,17-19H,12,14,16H2,1-7H3,(H,34,35);2-7,9,11,31H,8,10,12H2,1H3,(H,26,28,30);1-2H,(H2,4,5). The summed E-state index contributed by atoms with van der Waals surface area (Å²) in [7, 11) is 0.909. The van der Waals surface area contributed by atoms with Crippen molar-refractivity contribution in [1.82, 2.24) is 29.7 Å². The predicted molar refractivity (Wildman–Crippen MR) is 299 cm³/mol. The van der Waals surface area contributed by atoms with Crippen LogP contribution < -0.4 is 15.5 Å². The number of thiazole rings is 2. The Labute approximate surface area is 453 Å². The Morgan fingerprint density at radius 1 is 0.701 bits per heavy atom. The van der Waals surface area contributed by atoms with E-state index in [1.54, 1.807) is 73.4 Å². The molecule has 0 saturated carbocycles. The molecule has 0 aliphatic carbocycles. The second-order valence-electron chi connectivity index (χ2n) is 20.2. The number of nitrogen functional groups attached to an aromatic ring is 1. The Kier molecular flexibility index (Phi) is 16.8. The number of aromatic nitrogens is 4. The summed E-state index contributed by atoms with van der Waals surface area (Å²) in [6.07, 6.45) is 7.47. The molecule has 2 aliphatic rings. The van der Waals surface area contributed by atoms with Crippen LogP contribution in [0.5, 0.6) is 11.5 Å². The number of hydrogen-bond acceptors (Lipinski definition) is 13. The molecule has 0 bridgehead atoms. The highest BCUT2D eigenvalue weighted by atomic mass is 32.1. The summed E-state index contributed by atoms with van der Waals surface area (Å²) in [5.41, 5.74) is 13.6. The van der Waals surface area contributed by atoms with E-state index in [1.165, 1.54) is 51.8 Å². The van der Waals surface area contributed by atoms with Crippen LogP contribution in [0.15, 0.2) is 96.2 Å². The van der Waals surface area contributed by atoms with E-state index in [-0.39, 0.29) is 75.7 Å². The lowest BCUT2D eigenvalue weighted by molar-refractivity contribution is -0.136. The number of carbonyl (C=O) groups excluding carboxylic acids is 3. The van der Waals surface area contributed by atoms with Crippen molar-refractivity contribution >= 4 is 86.8 Å². The van der Waals surface area contributed by atoms with Crippen LogP contribution in [-0.4, -0.2) is 86.1 Å². The average Bonchev–Trinajstić information content (AvgIpc) is 4.24. The molecule has 0 spiro atoms. The van der Waals surface area contributed by atoms with E-state index < -0.39 is 14.3 Å². The van der Waals surface area contributed by atoms with Gasteiger partial charge < -0.3 is 35.5 Å². The van der Waals surface area contributed by atoms with E-state index >= 15 is 0 Å². The first-order valence-electron chi connectivity index (χ1n) is 25.0. The van der Waals surface area contributed by atoms with Crippen LogP contribution in [-0.2, 0) is 48.4 Å². The van der Waals surface area contributed by atoms with Crippen LogP contribution in [0, 0.1) is 11.6 Å². The predicted octanol–water partition coefficient (Wildman–Crippen LogP) is 11.4. The fourth-order valence-corrected chi connectivity index (χ4v) is 16.9. The minimum absolute atomic E-state index is 0.00148. The number of nitrogens with one attached hydrogen (secondary N) is 1. The summed E-state index contributed by atoms with van der Waals surface area (Å²) in [4.78, 5) is 71.2. The third-order valence-corrected chi connectivity index (χ3v) is 21.4. The quantitative estimate of drug-likeness (QED) is 0.0749. The van der Waals surface area contributed by atoms with Gasteiger partial charge in [0.1, 0.15) is 28.4 Å². The van der Waals surface area contributed by atoms with Gasteiger partial charge in [0.05, 0.1) is 24.0 Å². The minimum Gasteiger partial charge on any atom is -0.541 e. The van der Waals surface area contributed by atoms with E-state index in [4.69, 9.17) is 15.1 Å². The van der Waals surface area contributed by atoms with Crippen molar-refractivity contribution in [2.45, 2.75) is 96.9 Å². The maximum absolute atomic E-state index is 13.5. The monoisotopic (exact) mass is 1100 g/mol. The lowest BCUT2D eigenvalue weighted by atomic mass is 9.93. The molecule has 8 aromatic rings. The first kappa shape index (κ1) is 55.5. The number of hydrogen-bond donors (Lipinski definition) is 4. The van der Waals surface area contributed by atoms with Gasteiger partial charge in [0.25, 0.3) is 20.1 Å². The number of nitrogens with zero attached hydrogens (tertiary/aromatic N) is 6. The maximum Gasteiger partial charge on any atom is 0.307 e. The molecule has 4 aromatic carbocycles. The molecular formula is C57H60F2N8O7S2Si. The number of nitrogens with two attached hydrogens (primary N) is 1. The van der Waals surface area contributed by atoms with Gasteiger partial charge in [0, 0.05) is 73.5 Å². The molecule has 400 valence electrons. The summed E-state index contributed by atoms with van der Waals surface area (Å²) in [6.45, 7) is 13.8. The highest BCUT2D eigenvalue weighted by Gasteiger charge is 2.49. The Morgan fingerprint density at radius 2 is 1.18 bits per heavy atom. The van der Waals surface area contributed by atoms with Crippen molar-refractivity contribution in [1.29, 1.82) is 0 Å². The second-order valence-corrected chi connectivity index (χ2v) is 27.4. The first-order valence-corrected chi connectivity index (χ1v) is 28.9. The number of halogens is 2. The molecule has 0 saturated heterocycles. The number of fused-ring (bicyclic) bond motifs is 4. The van der Waals surface area contributed by atoms with Gasteiger partial charge in [-0.1, -0.05) is 65.8 Å². The molecule has 4 aromatic heterocycles. The fraction of sp³-hybridized carbons (Fsp3) is 0.298. The van der Waals surface area contributed by atoms with Gasteiger partial charge in [0.15, 0.2) is 16.0 Å². The Bertz CT molecular complexity index is 3470. The van der Waals surface area contributed by atoms with Crippen LogP contribution >= 0.6 is 22.7 Å². The molecule has 0 fully saturated rings. The smallest absolute Gasteiger partial charge is 0.307 e. The number of anilines is 2. The van der Waals surface area contributed by atoms with E-state index in [0.29, 0.717) is 86.1 Å². The molecule has 77 heavy (non-hydrogen) atoms. The van der Waals surface area contributed by atoms with Crippen LogP contribution in [0.25, 0.3) is 21.8 Å². The molecule has 0 atom stereocenters. The van der Waals surface area contributed by atoms with Crippen molar-refractivity contribution in [2.24, 2.45) is 0 Å². The van der Waals surface area contributed by atoms with Crippen molar-refractivity contribution in [3.8, 4) is 11.5 Å². The number of pyridine rings is 2. The molecule has 15 nitrogen and oxygen atoms in total. The number of carboxylic acid groups (broad SMARTS) is 1. The van der Waals surface area contributed by atoms with Crippen LogP contribution in [0.4, 0.5) is 19.0 Å². The van der Waals surface area contributed by atoms with Gasteiger partial charge in [0.2, 0.25) is 5.91 Å². The van der Waals surface area contributed by atoms with Gasteiger partial charge in [-0.25, -0.2) is 18.7 Å². The number of aliphatic carboxylic acids is 1. The molecule has 10 rings (SSSR count). The summed E-state index contributed by atoms with van der Waals surface area (Å²) in [6, 6.07) is 16.4. The van der Waals surface area contributed by atoms with Gasteiger partial charge in [-0.3, -0.25) is 29.1 Å². The van der Waals surface area contributed by atoms with E-state index in [9.17, 15) is 38.2 Å². The van der Waals surface area contributed by atoms with Crippen molar-refractivity contribution < 1.29 is 42.6 Å².